The van der Waals surface area contributed by atoms with Crippen LogP contribution in [-0.2, 0) is 12.0 Å². The maximum absolute atomic E-state index is 13.9. The number of carboxylic acid groups (broad SMARTS) is 1. The van der Waals surface area contributed by atoms with E-state index in [0.29, 0.717) is 15.7 Å². The van der Waals surface area contributed by atoms with Crippen LogP contribution in [0.1, 0.15) is 42.5 Å². The highest BCUT2D eigenvalue weighted by Crippen LogP contribution is 2.26. The zero-order valence-electron chi connectivity index (χ0n) is 11.9. The molecule has 0 saturated carbocycles. The van der Waals surface area contributed by atoms with Crippen molar-refractivity contribution in [3.63, 3.8) is 0 Å². The number of hydrogen-bond donors (Lipinski definition) is 1. The fourth-order valence-corrected chi connectivity index (χ4v) is 2.45. The molecule has 0 unspecified atom stereocenters. The number of aromatic nitrogens is 3. The molecule has 0 fully saturated rings. The molecule has 112 valence electrons. The lowest BCUT2D eigenvalue weighted by Crippen LogP contribution is -2.22. The molecule has 0 aliphatic heterocycles. The molecule has 2 rings (SSSR count). The van der Waals surface area contributed by atoms with Crippen LogP contribution in [0.5, 0.6) is 0 Å². The zero-order chi connectivity index (χ0) is 15.8. The Labute approximate surface area is 129 Å². The summed E-state index contributed by atoms with van der Waals surface area (Å²) in [5, 5.41) is 16.8. The van der Waals surface area contributed by atoms with Gasteiger partial charge in [0.1, 0.15) is 5.82 Å². The lowest BCUT2D eigenvalue weighted by atomic mass is 9.90. The van der Waals surface area contributed by atoms with Crippen molar-refractivity contribution >= 4 is 21.9 Å². The molecular formula is C14H15BrFN3O2. The van der Waals surface area contributed by atoms with Gasteiger partial charge in [0.15, 0.2) is 5.69 Å². The third-order valence-corrected chi connectivity index (χ3v) is 3.48. The van der Waals surface area contributed by atoms with Gasteiger partial charge in [0.2, 0.25) is 0 Å². The molecule has 0 amide bonds. The fourth-order valence-electron chi connectivity index (χ4n) is 2.12. The number of carbonyl (C=O) groups is 1. The summed E-state index contributed by atoms with van der Waals surface area (Å²) in [6, 6.07) is 4.72. The first-order valence-corrected chi connectivity index (χ1v) is 7.10. The van der Waals surface area contributed by atoms with Crippen LogP contribution < -0.4 is 0 Å². The lowest BCUT2D eigenvalue weighted by molar-refractivity contribution is 0.0687. The molecule has 1 aromatic heterocycles. The van der Waals surface area contributed by atoms with Gasteiger partial charge in [0, 0.05) is 15.5 Å². The van der Waals surface area contributed by atoms with Crippen LogP contribution in [0, 0.1) is 5.82 Å². The Balaban J connectivity index is 2.47. The van der Waals surface area contributed by atoms with E-state index in [0.717, 1.165) is 0 Å². The van der Waals surface area contributed by atoms with Gasteiger partial charge in [-0.3, -0.25) is 0 Å². The van der Waals surface area contributed by atoms with E-state index in [2.05, 4.69) is 26.2 Å². The van der Waals surface area contributed by atoms with Crippen LogP contribution >= 0.6 is 15.9 Å². The Morgan fingerprint density at radius 2 is 2.10 bits per heavy atom. The number of nitrogens with zero attached hydrogens (tertiary/aromatic N) is 3. The molecule has 1 heterocycles. The highest BCUT2D eigenvalue weighted by atomic mass is 79.9. The van der Waals surface area contributed by atoms with Crippen molar-refractivity contribution in [2.24, 2.45) is 0 Å². The standard InChI is InChI=1S/C14H15BrFN3O2/c1-14(2,3)12-11(13(20)21)17-18-19(12)7-8-4-5-9(15)6-10(8)16/h4-6H,7H2,1-3H3,(H,20,21). The topological polar surface area (TPSA) is 68.0 Å². The zero-order valence-corrected chi connectivity index (χ0v) is 13.5. The summed E-state index contributed by atoms with van der Waals surface area (Å²) >= 11 is 3.20. The second-order valence-electron chi connectivity index (χ2n) is 5.74. The Morgan fingerprint density at radius 3 is 2.62 bits per heavy atom. The van der Waals surface area contributed by atoms with Gasteiger partial charge in [-0.2, -0.15) is 0 Å². The summed E-state index contributed by atoms with van der Waals surface area (Å²) in [5.41, 5.74) is 0.325. The van der Waals surface area contributed by atoms with E-state index < -0.39 is 11.4 Å². The predicted octanol–water partition coefficient (Wildman–Crippen LogP) is 3.22. The molecule has 7 heteroatoms. The first-order valence-electron chi connectivity index (χ1n) is 6.31. The normalized spacial score (nSPS) is 11.7. The molecular weight excluding hydrogens is 341 g/mol. The van der Waals surface area contributed by atoms with E-state index in [1.54, 1.807) is 12.1 Å². The molecule has 0 aliphatic rings. The molecule has 0 saturated heterocycles. The van der Waals surface area contributed by atoms with Gasteiger partial charge in [-0.1, -0.05) is 48.0 Å². The maximum Gasteiger partial charge on any atom is 0.358 e. The minimum absolute atomic E-state index is 0.0972. The average molecular weight is 356 g/mol. The number of halogens is 2. The van der Waals surface area contributed by atoms with Crippen molar-refractivity contribution in [2.45, 2.75) is 32.7 Å². The minimum atomic E-state index is -1.14. The van der Waals surface area contributed by atoms with Crippen molar-refractivity contribution in [1.82, 2.24) is 15.0 Å². The van der Waals surface area contributed by atoms with Gasteiger partial charge >= 0.3 is 5.97 Å². The molecule has 21 heavy (non-hydrogen) atoms. The largest absolute Gasteiger partial charge is 0.476 e. The van der Waals surface area contributed by atoms with Gasteiger partial charge < -0.3 is 5.11 Å². The summed E-state index contributed by atoms with van der Waals surface area (Å²) in [6.07, 6.45) is 0. The molecule has 0 aliphatic carbocycles. The number of hydrogen-bond acceptors (Lipinski definition) is 3. The van der Waals surface area contributed by atoms with Gasteiger partial charge in [-0.25, -0.2) is 13.9 Å². The van der Waals surface area contributed by atoms with E-state index >= 15 is 0 Å². The lowest BCUT2D eigenvalue weighted by Gasteiger charge is -2.20. The van der Waals surface area contributed by atoms with E-state index in [9.17, 15) is 14.3 Å². The van der Waals surface area contributed by atoms with Crippen LogP contribution in [0.4, 0.5) is 4.39 Å². The van der Waals surface area contributed by atoms with Crippen molar-refractivity contribution in [3.8, 4) is 0 Å². The van der Waals surface area contributed by atoms with Crippen molar-refractivity contribution in [2.75, 3.05) is 0 Å². The van der Waals surface area contributed by atoms with Crippen LogP contribution in [-0.4, -0.2) is 26.1 Å². The van der Waals surface area contributed by atoms with Crippen LogP contribution in [0.2, 0.25) is 0 Å². The quantitative estimate of drug-likeness (QED) is 0.917. The summed E-state index contributed by atoms with van der Waals surface area (Å²) in [4.78, 5) is 11.2. The molecule has 0 spiro atoms. The monoisotopic (exact) mass is 355 g/mol. The fraction of sp³-hybridized carbons (Fsp3) is 0.357. The highest BCUT2D eigenvalue weighted by molar-refractivity contribution is 9.10. The van der Waals surface area contributed by atoms with Gasteiger partial charge in [0.25, 0.3) is 0 Å². The molecule has 5 nitrogen and oxygen atoms in total. The van der Waals surface area contributed by atoms with E-state index in [4.69, 9.17) is 0 Å². The average Bonchev–Trinajstić information content (AvgIpc) is 2.76. The smallest absolute Gasteiger partial charge is 0.358 e. The number of benzene rings is 1. The first kappa shape index (κ1) is 15.6. The summed E-state index contributed by atoms with van der Waals surface area (Å²) in [7, 11) is 0. The Hall–Kier alpha value is -1.76. The van der Waals surface area contributed by atoms with Crippen molar-refractivity contribution in [3.05, 3.63) is 45.4 Å². The number of rotatable bonds is 3. The molecule has 1 aromatic carbocycles. The van der Waals surface area contributed by atoms with Gasteiger partial charge in [-0.15, -0.1) is 5.10 Å². The highest BCUT2D eigenvalue weighted by Gasteiger charge is 2.29. The third kappa shape index (κ3) is 3.29. The number of aromatic carboxylic acids is 1. The second kappa shape index (κ2) is 5.55. The SMILES string of the molecule is CC(C)(C)c1c(C(=O)O)nnn1Cc1ccc(Br)cc1F. The Bertz CT molecular complexity index is 692. The summed E-state index contributed by atoms with van der Waals surface area (Å²) in [6.45, 7) is 5.73. The molecule has 1 N–H and O–H groups in total. The molecule has 2 aromatic rings. The predicted molar refractivity (Wildman–Crippen MR) is 78.9 cm³/mol. The first-order chi connectivity index (χ1) is 9.70. The van der Waals surface area contributed by atoms with Gasteiger partial charge in [-0.05, 0) is 12.1 Å². The van der Waals surface area contributed by atoms with E-state index in [1.165, 1.54) is 10.7 Å². The second-order valence-corrected chi connectivity index (χ2v) is 6.65. The maximum atomic E-state index is 13.9. The third-order valence-electron chi connectivity index (χ3n) is 2.98. The van der Waals surface area contributed by atoms with Crippen LogP contribution in [0.15, 0.2) is 22.7 Å². The van der Waals surface area contributed by atoms with E-state index in [-0.39, 0.29) is 18.1 Å². The Morgan fingerprint density at radius 1 is 1.43 bits per heavy atom. The van der Waals surface area contributed by atoms with Crippen LogP contribution in [0.3, 0.4) is 0 Å². The molecule has 0 bridgehead atoms. The van der Waals surface area contributed by atoms with Crippen molar-refractivity contribution < 1.29 is 14.3 Å². The summed E-state index contributed by atoms with van der Waals surface area (Å²) in [5.74, 6) is -1.51. The minimum Gasteiger partial charge on any atom is -0.476 e. The van der Waals surface area contributed by atoms with E-state index in [1.807, 2.05) is 20.8 Å². The summed E-state index contributed by atoms with van der Waals surface area (Å²) < 4.78 is 16.0. The van der Waals surface area contributed by atoms with Crippen molar-refractivity contribution in [1.29, 1.82) is 0 Å². The van der Waals surface area contributed by atoms with Crippen LogP contribution in [0.25, 0.3) is 0 Å². The Kier molecular flexibility index (Phi) is 4.13. The number of carboxylic acids is 1. The molecule has 0 radical (unpaired) electrons. The molecule has 0 atom stereocenters. The van der Waals surface area contributed by atoms with Gasteiger partial charge in [0.05, 0.1) is 12.2 Å².